The number of carbonyl (C=O) groups excluding carboxylic acids is 2. The van der Waals surface area contributed by atoms with Crippen LogP contribution in [0.3, 0.4) is 0 Å². The Morgan fingerprint density at radius 2 is 1.76 bits per heavy atom. The van der Waals surface area contributed by atoms with Gasteiger partial charge in [-0.15, -0.1) is 0 Å². The maximum atomic E-state index is 12.2. The van der Waals surface area contributed by atoms with E-state index in [4.69, 9.17) is 0 Å². The van der Waals surface area contributed by atoms with Gasteiger partial charge in [-0.25, -0.2) is 4.68 Å². The van der Waals surface area contributed by atoms with Gasteiger partial charge >= 0.3 is 0 Å². The number of nitrogens with zero attached hydrogens (tertiary/aromatic N) is 2. The largest absolute Gasteiger partial charge is 0.343 e. The number of hydrogen-bond acceptors (Lipinski definition) is 3. The molecule has 0 bridgehead atoms. The van der Waals surface area contributed by atoms with E-state index in [0.29, 0.717) is 11.4 Å². The predicted octanol–water partition coefficient (Wildman–Crippen LogP) is 3.13. The normalized spacial score (nSPS) is 11.4. The van der Waals surface area contributed by atoms with Gasteiger partial charge in [-0.1, -0.05) is 32.9 Å². The summed E-state index contributed by atoms with van der Waals surface area (Å²) < 4.78 is 1.71. The monoisotopic (exact) mass is 342 g/mol. The van der Waals surface area contributed by atoms with E-state index in [1.165, 1.54) is 0 Å². The maximum absolute atomic E-state index is 12.2. The molecule has 0 radical (unpaired) electrons. The summed E-state index contributed by atoms with van der Waals surface area (Å²) in [6, 6.07) is 9.31. The highest BCUT2D eigenvalue weighted by atomic mass is 16.2. The van der Waals surface area contributed by atoms with E-state index in [2.05, 4.69) is 36.5 Å². The van der Waals surface area contributed by atoms with Gasteiger partial charge in [0, 0.05) is 17.7 Å². The third-order valence-electron chi connectivity index (χ3n) is 3.85. The molecular weight excluding hydrogens is 316 g/mol. The highest BCUT2D eigenvalue weighted by molar-refractivity contribution is 5.99. The van der Waals surface area contributed by atoms with Gasteiger partial charge in [0.1, 0.15) is 5.82 Å². The van der Waals surface area contributed by atoms with Crippen molar-refractivity contribution in [3.63, 3.8) is 0 Å². The molecule has 134 valence electrons. The van der Waals surface area contributed by atoms with Gasteiger partial charge in [-0.2, -0.15) is 5.10 Å². The van der Waals surface area contributed by atoms with Crippen molar-refractivity contribution in [1.29, 1.82) is 0 Å². The van der Waals surface area contributed by atoms with Crippen molar-refractivity contribution in [3.8, 4) is 0 Å². The van der Waals surface area contributed by atoms with Crippen LogP contribution in [-0.4, -0.2) is 28.1 Å². The third kappa shape index (κ3) is 4.92. The molecule has 2 aromatic rings. The van der Waals surface area contributed by atoms with Crippen LogP contribution < -0.4 is 10.6 Å². The van der Waals surface area contributed by atoms with Crippen LogP contribution in [0, 0.1) is 0 Å². The smallest absolute Gasteiger partial charge is 0.251 e. The van der Waals surface area contributed by atoms with Gasteiger partial charge in [0.15, 0.2) is 0 Å². The Morgan fingerprint density at radius 1 is 1.12 bits per heavy atom. The molecule has 0 spiro atoms. The molecule has 2 amide bonds. The van der Waals surface area contributed by atoms with Crippen LogP contribution in [0.15, 0.2) is 36.5 Å². The summed E-state index contributed by atoms with van der Waals surface area (Å²) in [5.74, 6) is 0.0545. The molecule has 0 aliphatic carbocycles. The number of carbonyl (C=O) groups is 2. The minimum atomic E-state index is -0.290. The molecule has 25 heavy (non-hydrogen) atoms. The number of aromatic nitrogens is 2. The Labute approximate surface area is 148 Å². The topological polar surface area (TPSA) is 76.0 Å². The Kier molecular flexibility index (Phi) is 5.62. The number of anilines is 1. The summed E-state index contributed by atoms with van der Waals surface area (Å²) >= 11 is 0. The molecule has 0 unspecified atom stereocenters. The molecular formula is C19H26N4O2. The van der Waals surface area contributed by atoms with Crippen LogP contribution in [0.1, 0.15) is 56.6 Å². The summed E-state index contributed by atoms with van der Waals surface area (Å²) in [5, 5.41) is 9.55. The third-order valence-corrected chi connectivity index (χ3v) is 3.85. The van der Waals surface area contributed by atoms with E-state index < -0.39 is 0 Å². The molecule has 0 saturated heterocycles. The lowest BCUT2D eigenvalue weighted by Crippen LogP contribution is -2.33. The van der Waals surface area contributed by atoms with Crippen LogP contribution in [0.2, 0.25) is 0 Å². The molecule has 0 saturated carbocycles. The van der Waals surface area contributed by atoms with Crippen LogP contribution >= 0.6 is 0 Å². The van der Waals surface area contributed by atoms with Gasteiger partial charge in [-0.05, 0) is 37.0 Å². The zero-order valence-electron chi connectivity index (χ0n) is 15.5. The fourth-order valence-corrected chi connectivity index (χ4v) is 2.40. The van der Waals surface area contributed by atoms with Crippen molar-refractivity contribution in [2.75, 3.05) is 11.9 Å². The van der Waals surface area contributed by atoms with Crippen molar-refractivity contribution in [3.05, 3.63) is 47.7 Å². The van der Waals surface area contributed by atoms with E-state index in [1.54, 1.807) is 29.1 Å². The maximum Gasteiger partial charge on any atom is 0.251 e. The molecule has 0 fully saturated rings. The Morgan fingerprint density at radius 3 is 2.32 bits per heavy atom. The second-order valence-corrected chi connectivity index (χ2v) is 7.31. The number of amides is 2. The standard InChI is InChI=1S/C19H26N4O2/c1-13(2)23-16(10-11-21-23)22-17(24)12-20-18(25)14-6-8-15(9-7-14)19(3,4)5/h6-11,13H,12H2,1-5H3,(H,20,25)(H,22,24). The minimum Gasteiger partial charge on any atom is -0.343 e. The van der Waals surface area contributed by atoms with Gasteiger partial charge in [-0.3, -0.25) is 9.59 Å². The van der Waals surface area contributed by atoms with Crippen LogP contribution in [-0.2, 0) is 10.2 Å². The highest BCUT2D eigenvalue weighted by Gasteiger charge is 2.15. The Hall–Kier alpha value is -2.63. The number of benzene rings is 1. The van der Waals surface area contributed by atoms with Crippen LogP contribution in [0.5, 0.6) is 0 Å². The van der Waals surface area contributed by atoms with Crippen molar-refractivity contribution < 1.29 is 9.59 Å². The molecule has 1 aromatic heterocycles. The molecule has 1 aromatic carbocycles. The first kappa shape index (κ1) is 18.7. The summed E-state index contributed by atoms with van der Waals surface area (Å²) in [7, 11) is 0. The summed E-state index contributed by atoms with van der Waals surface area (Å²) in [6.45, 7) is 10.2. The van der Waals surface area contributed by atoms with Gasteiger partial charge in [0.25, 0.3) is 5.91 Å². The fourth-order valence-electron chi connectivity index (χ4n) is 2.40. The fraction of sp³-hybridized carbons (Fsp3) is 0.421. The molecule has 0 atom stereocenters. The van der Waals surface area contributed by atoms with E-state index in [-0.39, 0.29) is 29.8 Å². The summed E-state index contributed by atoms with van der Waals surface area (Å²) in [4.78, 5) is 24.2. The van der Waals surface area contributed by atoms with Gasteiger partial charge in [0.2, 0.25) is 5.91 Å². The van der Waals surface area contributed by atoms with E-state index >= 15 is 0 Å². The average Bonchev–Trinajstić information content (AvgIpc) is 3.00. The van der Waals surface area contributed by atoms with Crippen molar-refractivity contribution in [2.45, 2.75) is 46.1 Å². The van der Waals surface area contributed by atoms with E-state index in [1.807, 2.05) is 26.0 Å². The van der Waals surface area contributed by atoms with Crippen LogP contribution in [0.25, 0.3) is 0 Å². The zero-order valence-corrected chi connectivity index (χ0v) is 15.5. The SMILES string of the molecule is CC(C)n1nccc1NC(=O)CNC(=O)c1ccc(C(C)(C)C)cc1. The number of nitrogens with one attached hydrogen (secondary N) is 2. The lowest BCUT2D eigenvalue weighted by atomic mass is 9.87. The highest BCUT2D eigenvalue weighted by Crippen LogP contribution is 2.22. The zero-order chi connectivity index (χ0) is 18.6. The molecule has 1 heterocycles. The van der Waals surface area contributed by atoms with Crippen molar-refractivity contribution in [2.24, 2.45) is 0 Å². The molecule has 0 aliphatic heterocycles. The Bertz CT molecular complexity index is 740. The molecule has 2 N–H and O–H groups in total. The van der Waals surface area contributed by atoms with Crippen molar-refractivity contribution >= 4 is 17.6 Å². The second-order valence-electron chi connectivity index (χ2n) is 7.31. The minimum absolute atomic E-state index is 0.0360. The molecule has 2 rings (SSSR count). The Balaban J connectivity index is 1.91. The lowest BCUT2D eigenvalue weighted by Gasteiger charge is -2.19. The molecule has 0 aliphatic rings. The predicted molar refractivity (Wildman–Crippen MR) is 98.7 cm³/mol. The molecule has 6 nitrogen and oxygen atoms in total. The van der Waals surface area contributed by atoms with Crippen LogP contribution in [0.4, 0.5) is 5.82 Å². The van der Waals surface area contributed by atoms with Gasteiger partial charge < -0.3 is 10.6 Å². The molecule has 6 heteroatoms. The quantitative estimate of drug-likeness (QED) is 0.876. The average molecular weight is 342 g/mol. The van der Waals surface area contributed by atoms with Crippen molar-refractivity contribution in [1.82, 2.24) is 15.1 Å². The summed E-state index contributed by atoms with van der Waals surface area (Å²) in [6.07, 6.45) is 1.63. The first-order chi connectivity index (χ1) is 11.7. The first-order valence-corrected chi connectivity index (χ1v) is 8.40. The van der Waals surface area contributed by atoms with E-state index in [9.17, 15) is 9.59 Å². The number of hydrogen-bond donors (Lipinski definition) is 2. The lowest BCUT2D eigenvalue weighted by molar-refractivity contribution is -0.115. The number of rotatable bonds is 5. The summed E-state index contributed by atoms with van der Waals surface area (Å²) in [5.41, 5.74) is 1.73. The van der Waals surface area contributed by atoms with E-state index in [0.717, 1.165) is 5.56 Å². The first-order valence-electron chi connectivity index (χ1n) is 8.40. The van der Waals surface area contributed by atoms with Gasteiger partial charge in [0.05, 0.1) is 12.7 Å². The second kappa shape index (κ2) is 7.51.